The molecule has 1 heterocycles. The molecule has 1 amide bonds. The van der Waals surface area contributed by atoms with Crippen molar-refractivity contribution < 1.29 is 14.7 Å². The highest BCUT2D eigenvalue weighted by Crippen LogP contribution is 2.19. The van der Waals surface area contributed by atoms with E-state index in [1.165, 1.54) is 0 Å². The smallest absolute Gasteiger partial charge is 0.303 e. The van der Waals surface area contributed by atoms with Crippen LogP contribution >= 0.6 is 0 Å². The van der Waals surface area contributed by atoms with Crippen molar-refractivity contribution in [1.29, 1.82) is 0 Å². The maximum absolute atomic E-state index is 11.6. The van der Waals surface area contributed by atoms with E-state index in [-0.39, 0.29) is 24.3 Å². The summed E-state index contributed by atoms with van der Waals surface area (Å²) in [7, 11) is 0. The summed E-state index contributed by atoms with van der Waals surface area (Å²) in [4.78, 5) is 24.3. The molecule has 2 N–H and O–H groups in total. The van der Waals surface area contributed by atoms with Gasteiger partial charge in [-0.3, -0.25) is 14.5 Å². The lowest BCUT2D eigenvalue weighted by Crippen LogP contribution is -2.44. The second kappa shape index (κ2) is 6.59. The second-order valence-electron chi connectivity index (χ2n) is 5.06. The molecule has 1 aliphatic heterocycles. The molecular weight excluding hydrogens is 220 g/mol. The Morgan fingerprint density at radius 1 is 1.47 bits per heavy atom. The Labute approximate surface area is 102 Å². The van der Waals surface area contributed by atoms with Crippen LogP contribution in [0.25, 0.3) is 0 Å². The van der Waals surface area contributed by atoms with Gasteiger partial charge in [0, 0.05) is 19.0 Å². The third kappa shape index (κ3) is 5.68. The first kappa shape index (κ1) is 14.0. The molecule has 1 atom stereocenters. The van der Waals surface area contributed by atoms with E-state index >= 15 is 0 Å². The van der Waals surface area contributed by atoms with Crippen LogP contribution in [0.4, 0.5) is 0 Å². The fourth-order valence-corrected chi connectivity index (χ4v) is 2.28. The van der Waals surface area contributed by atoms with Crippen molar-refractivity contribution in [2.24, 2.45) is 5.92 Å². The van der Waals surface area contributed by atoms with Crippen molar-refractivity contribution in [3.63, 3.8) is 0 Å². The van der Waals surface area contributed by atoms with Crippen molar-refractivity contribution >= 4 is 11.9 Å². The van der Waals surface area contributed by atoms with Crippen molar-refractivity contribution in [2.45, 2.75) is 39.2 Å². The molecule has 98 valence electrons. The van der Waals surface area contributed by atoms with E-state index in [0.29, 0.717) is 6.54 Å². The molecule has 0 aliphatic carbocycles. The van der Waals surface area contributed by atoms with E-state index in [1.54, 1.807) is 0 Å². The topological polar surface area (TPSA) is 69.6 Å². The van der Waals surface area contributed by atoms with Crippen molar-refractivity contribution in [2.75, 3.05) is 19.6 Å². The Morgan fingerprint density at radius 2 is 2.18 bits per heavy atom. The molecule has 5 nitrogen and oxygen atoms in total. The van der Waals surface area contributed by atoms with Crippen molar-refractivity contribution in [1.82, 2.24) is 10.2 Å². The summed E-state index contributed by atoms with van der Waals surface area (Å²) < 4.78 is 0. The SMILES string of the molecule is CC(C)NC(=O)CN1CCCC(CC(=O)O)C1. The molecular formula is C12H22N2O3. The zero-order chi connectivity index (χ0) is 12.8. The van der Waals surface area contributed by atoms with Crippen LogP contribution in [0.1, 0.15) is 33.1 Å². The zero-order valence-electron chi connectivity index (χ0n) is 10.6. The number of carboxylic acids is 1. The first-order chi connectivity index (χ1) is 7.97. The summed E-state index contributed by atoms with van der Waals surface area (Å²) in [6.45, 7) is 5.86. The Bertz CT molecular complexity index is 279. The molecule has 1 unspecified atom stereocenters. The molecule has 1 fully saturated rings. The van der Waals surface area contributed by atoms with E-state index in [2.05, 4.69) is 10.2 Å². The van der Waals surface area contributed by atoms with E-state index in [4.69, 9.17) is 5.11 Å². The molecule has 1 saturated heterocycles. The van der Waals surface area contributed by atoms with Gasteiger partial charge in [-0.1, -0.05) is 0 Å². The Morgan fingerprint density at radius 3 is 2.76 bits per heavy atom. The summed E-state index contributed by atoms with van der Waals surface area (Å²) in [6, 6.07) is 0.155. The predicted molar refractivity (Wildman–Crippen MR) is 64.7 cm³/mol. The number of rotatable bonds is 5. The molecule has 0 aromatic rings. The fraction of sp³-hybridized carbons (Fsp3) is 0.833. The first-order valence-corrected chi connectivity index (χ1v) is 6.21. The number of piperidine rings is 1. The summed E-state index contributed by atoms with van der Waals surface area (Å²) in [5.74, 6) is -0.535. The molecule has 1 aliphatic rings. The number of likely N-dealkylation sites (tertiary alicyclic amines) is 1. The average molecular weight is 242 g/mol. The Kier molecular flexibility index (Phi) is 5.41. The quantitative estimate of drug-likeness (QED) is 0.744. The van der Waals surface area contributed by atoms with Crippen LogP contribution in [-0.2, 0) is 9.59 Å². The number of aliphatic carboxylic acids is 1. The number of hydrogen-bond acceptors (Lipinski definition) is 3. The van der Waals surface area contributed by atoms with Gasteiger partial charge in [0.05, 0.1) is 6.54 Å². The van der Waals surface area contributed by atoms with Gasteiger partial charge in [0.2, 0.25) is 5.91 Å². The number of hydrogen-bond donors (Lipinski definition) is 2. The molecule has 17 heavy (non-hydrogen) atoms. The van der Waals surface area contributed by atoms with Crippen LogP contribution in [0.2, 0.25) is 0 Å². The summed E-state index contributed by atoms with van der Waals surface area (Å²) >= 11 is 0. The lowest BCUT2D eigenvalue weighted by molar-refractivity contribution is -0.138. The lowest BCUT2D eigenvalue weighted by atomic mass is 9.95. The first-order valence-electron chi connectivity index (χ1n) is 6.21. The predicted octanol–water partition coefficient (Wildman–Crippen LogP) is 0.698. The normalized spacial score (nSPS) is 21.5. The van der Waals surface area contributed by atoms with Crippen LogP contribution in [0.15, 0.2) is 0 Å². The monoisotopic (exact) mass is 242 g/mol. The number of nitrogens with zero attached hydrogens (tertiary/aromatic N) is 1. The number of carbonyl (C=O) groups excluding carboxylic acids is 1. The minimum Gasteiger partial charge on any atom is -0.481 e. The standard InChI is InChI=1S/C12H22N2O3/c1-9(2)13-11(15)8-14-5-3-4-10(7-14)6-12(16)17/h9-10H,3-8H2,1-2H3,(H,13,15)(H,16,17). The molecule has 0 radical (unpaired) electrons. The highest BCUT2D eigenvalue weighted by Gasteiger charge is 2.23. The van der Waals surface area contributed by atoms with Gasteiger partial charge in [-0.2, -0.15) is 0 Å². The lowest BCUT2D eigenvalue weighted by Gasteiger charge is -2.31. The van der Waals surface area contributed by atoms with Gasteiger partial charge in [-0.05, 0) is 39.2 Å². The van der Waals surface area contributed by atoms with Crippen LogP contribution < -0.4 is 5.32 Å². The average Bonchev–Trinajstić information content (AvgIpc) is 2.14. The van der Waals surface area contributed by atoms with Gasteiger partial charge < -0.3 is 10.4 Å². The molecule has 1 rings (SSSR count). The van der Waals surface area contributed by atoms with Gasteiger partial charge in [-0.15, -0.1) is 0 Å². The zero-order valence-corrected chi connectivity index (χ0v) is 10.6. The van der Waals surface area contributed by atoms with Crippen LogP contribution in [-0.4, -0.2) is 47.6 Å². The molecule has 5 heteroatoms. The van der Waals surface area contributed by atoms with Crippen LogP contribution in [0.3, 0.4) is 0 Å². The van der Waals surface area contributed by atoms with Gasteiger partial charge >= 0.3 is 5.97 Å². The molecule has 0 saturated carbocycles. The molecule has 0 bridgehead atoms. The largest absolute Gasteiger partial charge is 0.481 e. The summed E-state index contributed by atoms with van der Waals surface area (Å²) in [6.07, 6.45) is 2.14. The van der Waals surface area contributed by atoms with E-state index in [9.17, 15) is 9.59 Å². The second-order valence-corrected chi connectivity index (χ2v) is 5.06. The number of amides is 1. The molecule has 0 aromatic carbocycles. The van der Waals surface area contributed by atoms with E-state index in [1.807, 2.05) is 13.8 Å². The minimum absolute atomic E-state index is 0.0241. The van der Waals surface area contributed by atoms with Gasteiger partial charge in [-0.25, -0.2) is 0 Å². The Balaban J connectivity index is 2.34. The highest BCUT2D eigenvalue weighted by atomic mass is 16.4. The molecule has 0 spiro atoms. The third-order valence-corrected chi connectivity index (χ3v) is 2.88. The minimum atomic E-state index is -0.747. The maximum Gasteiger partial charge on any atom is 0.303 e. The van der Waals surface area contributed by atoms with Gasteiger partial charge in [0.1, 0.15) is 0 Å². The maximum atomic E-state index is 11.6. The van der Waals surface area contributed by atoms with E-state index in [0.717, 1.165) is 25.9 Å². The fourth-order valence-electron chi connectivity index (χ4n) is 2.28. The third-order valence-electron chi connectivity index (χ3n) is 2.88. The number of nitrogens with one attached hydrogen (secondary N) is 1. The summed E-state index contributed by atoms with van der Waals surface area (Å²) in [5, 5.41) is 11.6. The molecule has 0 aromatic heterocycles. The number of carboxylic acid groups (broad SMARTS) is 1. The highest BCUT2D eigenvalue weighted by molar-refractivity contribution is 5.78. The van der Waals surface area contributed by atoms with Crippen molar-refractivity contribution in [3.05, 3.63) is 0 Å². The van der Waals surface area contributed by atoms with Gasteiger partial charge in [0.15, 0.2) is 0 Å². The number of carbonyl (C=O) groups is 2. The van der Waals surface area contributed by atoms with Crippen molar-refractivity contribution in [3.8, 4) is 0 Å². The van der Waals surface area contributed by atoms with Gasteiger partial charge in [0.25, 0.3) is 0 Å². The van der Waals surface area contributed by atoms with E-state index < -0.39 is 5.97 Å². The van der Waals surface area contributed by atoms with Crippen LogP contribution in [0.5, 0.6) is 0 Å². The Hall–Kier alpha value is -1.10. The van der Waals surface area contributed by atoms with Crippen LogP contribution in [0, 0.1) is 5.92 Å². The summed E-state index contributed by atoms with van der Waals surface area (Å²) in [5.41, 5.74) is 0.